The molecule has 134 valence electrons. The summed E-state index contributed by atoms with van der Waals surface area (Å²) < 4.78 is 0. The highest BCUT2D eigenvalue weighted by Crippen LogP contribution is 2.16. The molecule has 1 fully saturated rings. The molecule has 3 rings (SSSR count). The zero-order chi connectivity index (χ0) is 18.7. The van der Waals surface area contributed by atoms with Gasteiger partial charge in [0.15, 0.2) is 0 Å². The molecule has 0 bridgehead atoms. The number of amides is 4. The van der Waals surface area contributed by atoms with E-state index in [9.17, 15) is 14.4 Å². The SMILES string of the molecule is CC1(C)NC(=O)N(CCC(=O)N/N=C\c2cnc3ccccc3n2)C1=O. The van der Waals surface area contributed by atoms with Crippen LogP contribution in [0.15, 0.2) is 35.6 Å². The van der Waals surface area contributed by atoms with Crippen LogP contribution in [0, 0.1) is 0 Å². The summed E-state index contributed by atoms with van der Waals surface area (Å²) in [5.41, 5.74) is 3.40. The number of carbonyl (C=O) groups excluding carboxylic acids is 3. The fourth-order valence-electron chi connectivity index (χ4n) is 2.49. The predicted molar refractivity (Wildman–Crippen MR) is 94.2 cm³/mol. The van der Waals surface area contributed by atoms with Crippen LogP contribution >= 0.6 is 0 Å². The van der Waals surface area contributed by atoms with Crippen molar-refractivity contribution in [1.82, 2.24) is 25.6 Å². The lowest BCUT2D eigenvalue weighted by Crippen LogP contribution is -2.40. The Hall–Kier alpha value is -3.36. The van der Waals surface area contributed by atoms with Gasteiger partial charge in [-0.05, 0) is 26.0 Å². The molecule has 0 spiro atoms. The Kier molecular flexibility index (Phi) is 4.61. The molecule has 2 N–H and O–H groups in total. The number of imide groups is 1. The van der Waals surface area contributed by atoms with Crippen molar-refractivity contribution in [1.29, 1.82) is 0 Å². The second-order valence-electron chi connectivity index (χ2n) is 6.34. The molecule has 0 radical (unpaired) electrons. The fraction of sp³-hybridized carbons (Fsp3) is 0.294. The van der Waals surface area contributed by atoms with Crippen LogP contribution in [-0.4, -0.2) is 51.0 Å². The summed E-state index contributed by atoms with van der Waals surface area (Å²) in [5, 5.41) is 6.39. The van der Waals surface area contributed by atoms with Gasteiger partial charge in [-0.1, -0.05) is 12.1 Å². The Morgan fingerprint density at radius 2 is 2.04 bits per heavy atom. The van der Waals surface area contributed by atoms with E-state index in [2.05, 4.69) is 25.8 Å². The van der Waals surface area contributed by atoms with E-state index in [1.807, 2.05) is 24.3 Å². The Labute approximate surface area is 149 Å². The number of fused-ring (bicyclic) bond motifs is 1. The van der Waals surface area contributed by atoms with Gasteiger partial charge in [-0.3, -0.25) is 19.5 Å². The molecule has 0 aliphatic carbocycles. The van der Waals surface area contributed by atoms with Gasteiger partial charge in [-0.25, -0.2) is 15.2 Å². The predicted octanol–water partition coefficient (Wildman–Crippen LogP) is 0.800. The molecule has 1 aromatic carbocycles. The van der Waals surface area contributed by atoms with Crippen molar-refractivity contribution in [2.45, 2.75) is 25.8 Å². The quantitative estimate of drug-likeness (QED) is 0.468. The van der Waals surface area contributed by atoms with Crippen LogP contribution in [0.2, 0.25) is 0 Å². The third-order valence-electron chi connectivity index (χ3n) is 3.86. The summed E-state index contributed by atoms with van der Waals surface area (Å²) in [4.78, 5) is 45.2. The van der Waals surface area contributed by atoms with Crippen molar-refractivity contribution in [3.63, 3.8) is 0 Å². The lowest BCUT2D eigenvalue weighted by molar-refractivity contribution is -0.130. The summed E-state index contributed by atoms with van der Waals surface area (Å²) in [6, 6.07) is 6.91. The summed E-state index contributed by atoms with van der Waals surface area (Å²) in [6.07, 6.45) is 2.89. The van der Waals surface area contributed by atoms with E-state index in [1.165, 1.54) is 6.21 Å². The van der Waals surface area contributed by atoms with Gasteiger partial charge in [-0.2, -0.15) is 5.10 Å². The van der Waals surface area contributed by atoms with Crippen LogP contribution < -0.4 is 10.7 Å². The van der Waals surface area contributed by atoms with Gasteiger partial charge in [0.25, 0.3) is 5.91 Å². The topological polar surface area (TPSA) is 117 Å². The highest BCUT2D eigenvalue weighted by atomic mass is 16.2. The van der Waals surface area contributed by atoms with Crippen LogP contribution in [0.25, 0.3) is 11.0 Å². The number of nitrogens with one attached hydrogen (secondary N) is 2. The minimum atomic E-state index is -0.944. The number of hydrazone groups is 1. The van der Waals surface area contributed by atoms with E-state index in [1.54, 1.807) is 20.0 Å². The van der Waals surface area contributed by atoms with Crippen molar-refractivity contribution < 1.29 is 14.4 Å². The molecule has 4 amide bonds. The Bertz CT molecular complexity index is 908. The normalized spacial score (nSPS) is 16.3. The number of para-hydroxylation sites is 2. The molecule has 2 heterocycles. The van der Waals surface area contributed by atoms with Gasteiger partial charge in [0.05, 0.1) is 23.4 Å². The third-order valence-corrected chi connectivity index (χ3v) is 3.86. The number of urea groups is 1. The zero-order valence-corrected chi connectivity index (χ0v) is 14.4. The van der Waals surface area contributed by atoms with Crippen molar-refractivity contribution in [3.05, 3.63) is 36.2 Å². The van der Waals surface area contributed by atoms with Crippen LogP contribution in [0.3, 0.4) is 0 Å². The average molecular weight is 354 g/mol. The molecular formula is C17H18N6O3. The lowest BCUT2D eigenvalue weighted by Gasteiger charge is -2.15. The Balaban J connectivity index is 1.53. The number of rotatable bonds is 5. The van der Waals surface area contributed by atoms with Crippen LogP contribution in [-0.2, 0) is 9.59 Å². The fourth-order valence-corrected chi connectivity index (χ4v) is 2.49. The number of nitrogens with zero attached hydrogens (tertiary/aromatic N) is 4. The van der Waals surface area contributed by atoms with E-state index in [0.717, 1.165) is 15.9 Å². The van der Waals surface area contributed by atoms with Gasteiger partial charge in [0.2, 0.25) is 5.91 Å². The van der Waals surface area contributed by atoms with Gasteiger partial charge in [0.1, 0.15) is 11.2 Å². The molecule has 2 aromatic rings. The maximum Gasteiger partial charge on any atom is 0.325 e. The van der Waals surface area contributed by atoms with Crippen LogP contribution in [0.5, 0.6) is 0 Å². The van der Waals surface area contributed by atoms with Gasteiger partial charge in [0, 0.05) is 13.0 Å². The van der Waals surface area contributed by atoms with Crippen molar-refractivity contribution in [3.8, 4) is 0 Å². The molecule has 0 unspecified atom stereocenters. The lowest BCUT2D eigenvalue weighted by atomic mass is 10.1. The molecule has 1 aliphatic heterocycles. The van der Waals surface area contributed by atoms with E-state index in [4.69, 9.17) is 0 Å². The first kappa shape index (κ1) is 17.5. The second kappa shape index (κ2) is 6.87. The van der Waals surface area contributed by atoms with E-state index >= 15 is 0 Å². The van der Waals surface area contributed by atoms with Crippen molar-refractivity contribution in [2.75, 3.05) is 6.54 Å². The first-order chi connectivity index (χ1) is 12.4. The number of carbonyl (C=O) groups is 3. The number of benzene rings is 1. The highest BCUT2D eigenvalue weighted by Gasteiger charge is 2.43. The zero-order valence-electron chi connectivity index (χ0n) is 14.4. The summed E-state index contributed by atoms with van der Waals surface area (Å²) in [6.45, 7) is 3.22. The maximum absolute atomic E-state index is 12.0. The Morgan fingerprint density at radius 1 is 1.31 bits per heavy atom. The minimum Gasteiger partial charge on any atom is -0.324 e. The molecule has 9 nitrogen and oxygen atoms in total. The van der Waals surface area contributed by atoms with Gasteiger partial charge < -0.3 is 5.32 Å². The summed E-state index contributed by atoms with van der Waals surface area (Å²) in [7, 11) is 0. The average Bonchev–Trinajstić information content (AvgIpc) is 2.80. The standard InChI is InChI=1S/C17H18N6O3/c1-17(2)15(25)23(16(26)21-17)8-7-14(24)22-19-10-11-9-18-12-5-3-4-6-13(12)20-11/h3-6,9-10H,7-8H2,1-2H3,(H,21,26)(H,22,24)/b19-10-. The highest BCUT2D eigenvalue weighted by molar-refractivity contribution is 6.06. The molecule has 26 heavy (non-hydrogen) atoms. The number of hydrogen-bond donors (Lipinski definition) is 2. The Morgan fingerprint density at radius 3 is 2.73 bits per heavy atom. The first-order valence-corrected chi connectivity index (χ1v) is 8.04. The minimum absolute atomic E-state index is 0.00870. The smallest absolute Gasteiger partial charge is 0.324 e. The summed E-state index contributed by atoms with van der Waals surface area (Å²) >= 11 is 0. The molecule has 1 aromatic heterocycles. The molecule has 9 heteroatoms. The first-order valence-electron chi connectivity index (χ1n) is 8.04. The van der Waals surface area contributed by atoms with Crippen LogP contribution in [0.4, 0.5) is 4.79 Å². The van der Waals surface area contributed by atoms with Gasteiger partial charge in [-0.15, -0.1) is 0 Å². The monoisotopic (exact) mass is 354 g/mol. The summed E-state index contributed by atoms with van der Waals surface area (Å²) in [5.74, 6) is -0.773. The molecule has 0 saturated carbocycles. The number of aromatic nitrogens is 2. The van der Waals surface area contributed by atoms with E-state index < -0.39 is 17.5 Å². The van der Waals surface area contributed by atoms with E-state index in [-0.39, 0.29) is 18.9 Å². The van der Waals surface area contributed by atoms with Crippen molar-refractivity contribution in [2.24, 2.45) is 5.10 Å². The van der Waals surface area contributed by atoms with Crippen molar-refractivity contribution >= 4 is 35.1 Å². The second-order valence-corrected chi connectivity index (χ2v) is 6.34. The number of hydrogen-bond acceptors (Lipinski definition) is 6. The largest absolute Gasteiger partial charge is 0.325 e. The van der Waals surface area contributed by atoms with E-state index in [0.29, 0.717) is 5.69 Å². The maximum atomic E-state index is 12.0. The third kappa shape index (κ3) is 3.66. The van der Waals surface area contributed by atoms with Crippen LogP contribution in [0.1, 0.15) is 26.0 Å². The molecular weight excluding hydrogens is 336 g/mol. The molecule has 1 aliphatic rings. The molecule has 1 saturated heterocycles. The van der Waals surface area contributed by atoms with Gasteiger partial charge >= 0.3 is 6.03 Å². The molecule has 0 atom stereocenters.